The Morgan fingerprint density at radius 1 is 1.33 bits per heavy atom. The van der Waals surface area contributed by atoms with Gasteiger partial charge in [-0.1, -0.05) is 32.9 Å². The SMILES string of the molecule is Cc1nc(C(C)(C)C)sc1C(C)NC1CC=CC1. The highest BCUT2D eigenvalue weighted by Gasteiger charge is 2.23. The molecule has 1 aliphatic carbocycles. The minimum Gasteiger partial charge on any atom is -0.306 e. The molecule has 0 amide bonds. The summed E-state index contributed by atoms with van der Waals surface area (Å²) in [5.74, 6) is 0. The molecule has 0 aromatic carbocycles. The van der Waals surface area contributed by atoms with Crippen LogP contribution in [-0.2, 0) is 5.41 Å². The minimum atomic E-state index is 0.155. The molecule has 0 radical (unpaired) electrons. The molecule has 2 nitrogen and oxygen atoms in total. The van der Waals surface area contributed by atoms with Crippen molar-refractivity contribution in [3.05, 3.63) is 27.7 Å². The van der Waals surface area contributed by atoms with Crippen LogP contribution in [0.1, 0.15) is 62.2 Å². The summed E-state index contributed by atoms with van der Waals surface area (Å²) in [6, 6.07) is 1.02. The van der Waals surface area contributed by atoms with E-state index in [0.717, 1.165) is 12.8 Å². The summed E-state index contributed by atoms with van der Waals surface area (Å²) in [5, 5.41) is 4.95. The molecule has 1 N–H and O–H groups in total. The van der Waals surface area contributed by atoms with Gasteiger partial charge in [-0.15, -0.1) is 11.3 Å². The molecule has 1 heterocycles. The first-order valence-corrected chi connectivity index (χ1v) is 7.58. The average molecular weight is 264 g/mol. The lowest BCUT2D eigenvalue weighted by molar-refractivity contribution is 0.474. The predicted octanol–water partition coefficient (Wildman–Crippen LogP) is 4.12. The van der Waals surface area contributed by atoms with Crippen LogP contribution < -0.4 is 5.32 Å². The Bertz CT molecular complexity index is 432. The summed E-state index contributed by atoms with van der Waals surface area (Å²) in [6.45, 7) is 11.1. The topological polar surface area (TPSA) is 24.9 Å². The third-order valence-electron chi connectivity index (χ3n) is 3.36. The van der Waals surface area contributed by atoms with Gasteiger partial charge in [0.1, 0.15) is 0 Å². The van der Waals surface area contributed by atoms with E-state index < -0.39 is 0 Å². The quantitative estimate of drug-likeness (QED) is 0.831. The van der Waals surface area contributed by atoms with Crippen LogP contribution in [0.3, 0.4) is 0 Å². The Labute approximate surface area is 115 Å². The molecule has 100 valence electrons. The highest BCUT2D eigenvalue weighted by Crippen LogP contribution is 2.33. The van der Waals surface area contributed by atoms with Crippen molar-refractivity contribution in [2.75, 3.05) is 0 Å². The summed E-state index contributed by atoms with van der Waals surface area (Å²) in [5.41, 5.74) is 1.35. The lowest BCUT2D eigenvalue weighted by atomic mass is 9.98. The van der Waals surface area contributed by atoms with Crippen molar-refractivity contribution >= 4 is 11.3 Å². The van der Waals surface area contributed by atoms with Crippen LogP contribution in [0.25, 0.3) is 0 Å². The molecular formula is C15H24N2S. The Balaban J connectivity index is 2.10. The summed E-state index contributed by atoms with van der Waals surface area (Å²) in [7, 11) is 0. The number of nitrogens with one attached hydrogen (secondary N) is 1. The van der Waals surface area contributed by atoms with Gasteiger partial charge in [-0.2, -0.15) is 0 Å². The Morgan fingerprint density at radius 3 is 2.44 bits per heavy atom. The van der Waals surface area contributed by atoms with Crippen molar-refractivity contribution < 1.29 is 0 Å². The van der Waals surface area contributed by atoms with E-state index >= 15 is 0 Å². The van der Waals surface area contributed by atoms with Crippen LogP contribution in [0.2, 0.25) is 0 Å². The highest BCUT2D eigenvalue weighted by molar-refractivity contribution is 7.12. The third kappa shape index (κ3) is 3.01. The lowest BCUT2D eigenvalue weighted by Crippen LogP contribution is -2.29. The van der Waals surface area contributed by atoms with E-state index in [1.54, 1.807) is 0 Å². The fourth-order valence-corrected chi connectivity index (χ4v) is 3.45. The van der Waals surface area contributed by atoms with Crippen molar-refractivity contribution in [1.82, 2.24) is 10.3 Å². The fourth-order valence-electron chi connectivity index (χ4n) is 2.31. The van der Waals surface area contributed by atoms with Crippen molar-refractivity contribution in [3.63, 3.8) is 0 Å². The molecule has 0 aliphatic heterocycles. The molecule has 0 fully saturated rings. The largest absolute Gasteiger partial charge is 0.306 e. The van der Waals surface area contributed by atoms with E-state index in [9.17, 15) is 0 Å². The summed E-state index contributed by atoms with van der Waals surface area (Å²) < 4.78 is 0. The predicted molar refractivity (Wildman–Crippen MR) is 79.3 cm³/mol. The molecule has 3 heteroatoms. The van der Waals surface area contributed by atoms with E-state index in [1.807, 2.05) is 11.3 Å². The zero-order valence-electron chi connectivity index (χ0n) is 12.1. The van der Waals surface area contributed by atoms with Crippen LogP contribution in [-0.4, -0.2) is 11.0 Å². The normalized spacial score (nSPS) is 18.5. The molecule has 1 atom stereocenters. The van der Waals surface area contributed by atoms with Crippen molar-refractivity contribution in [2.45, 2.75) is 65.0 Å². The second-order valence-corrected chi connectivity index (χ2v) is 7.28. The van der Waals surface area contributed by atoms with Gasteiger partial charge in [-0.25, -0.2) is 4.98 Å². The van der Waals surface area contributed by atoms with E-state index in [-0.39, 0.29) is 5.41 Å². The lowest BCUT2D eigenvalue weighted by Gasteiger charge is -2.18. The van der Waals surface area contributed by atoms with Gasteiger partial charge < -0.3 is 5.32 Å². The molecule has 0 saturated heterocycles. The van der Waals surface area contributed by atoms with Crippen molar-refractivity contribution in [3.8, 4) is 0 Å². The number of hydrogen-bond donors (Lipinski definition) is 1. The summed E-state index contributed by atoms with van der Waals surface area (Å²) in [4.78, 5) is 6.14. The monoisotopic (exact) mass is 264 g/mol. The third-order valence-corrected chi connectivity index (χ3v) is 5.13. The standard InChI is InChI=1S/C15H24N2S/c1-10(16-12-8-6-7-9-12)13-11(2)17-14(18-13)15(3,4)5/h6-7,10,12,16H,8-9H2,1-5H3. The molecule has 1 unspecified atom stereocenters. The zero-order chi connectivity index (χ0) is 13.3. The number of aryl methyl sites for hydroxylation is 1. The van der Waals surface area contributed by atoms with Gasteiger partial charge in [0.25, 0.3) is 0 Å². The smallest absolute Gasteiger partial charge is 0.0985 e. The van der Waals surface area contributed by atoms with E-state index in [4.69, 9.17) is 4.98 Å². The Morgan fingerprint density at radius 2 is 1.94 bits per heavy atom. The highest BCUT2D eigenvalue weighted by atomic mass is 32.1. The first-order valence-electron chi connectivity index (χ1n) is 6.77. The molecule has 18 heavy (non-hydrogen) atoms. The first kappa shape index (κ1) is 13.8. The number of nitrogens with zero attached hydrogens (tertiary/aromatic N) is 1. The first-order chi connectivity index (χ1) is 8.38. The van der Waals surface area contributed by atoms with E-state index in [0.29, 0.717) is 12.1 Å². The Kier molecular flexibility index (Phi) is 3.93. The number of hydrogen-bond acceptors (Lipinski definition) is 3. The summed E-state index contributed by atoms with van der Waals surface area (Å²) in [6.07, 6.45) is 6.86. The van der Waals surface area contributed by atoms with Crippen LogP contribution in [0.4, 0.5) is 0 Å². The van der Waals surface area contributed by atoms with Gasteiger partial charge in [-0.05, 0) is 26.7 Å². The van der Waals surface area contributed by atoms with Gasteiger partial charge in [0.15, 0.2) is 0 Å². The molecule has 0 spiro atoms. The molecule has 0 saturated carbocycles. The minimum absolute atomic E-state index is 0.155. The van der Waals surface area contributed by atoms with Gasteiger partial charge in [0.05, 0.1) is 10.7 Å². The van der Waals surface area contributed by atoms with Gasteiger partial charge in [-0.3, -0.25) is 0 Å². The summed E-state index contributed by atoms with van der Waals surface area (Å²) >= 11 is 1.86. The maximum absolute atomic E-state index is 4.74. The molecular weight excluding hydrogens is 240 g/mol. The van der Waals surface area contributed by atoms with E-state index in [2.05, 4.69) is 52.1 Å². The van der Waals surface area contributed by atoms with Gasteiger partial charge in [0.2, 0.25) is 0 Å². The van der Waals surface area contributed by atoms with Crippen LogP contribution in [0, 0.1) is 6.92 Å². The second-order valence-electron chi connectivity index (χ2n) is 6.25. The molecule has 2 rings (SSSR count). The molecule has 1 aliphatic rings. The fraction of sp³-hybridized carbons (Fsp3) is 0.667. The van der Waals surface area contributed by atoms with Crippen molar-refractivity contribution in [1.29, 1.82) is 0 Å². The molecule has 1 aromatic rings. The van der Waals surface area contributed by atoms with Crippen LogP contribution >= 0.6 is 11.3 Å². The number of rotatable bonds is 3. The Hall–Kier alpha value is -0.670. The van der Waals surface area contributed by atoms with Crippen LogP contribution in [0.5, 0.6) is 0 Å². The van der Waals surface area contributed by atoms with Crippen LogP contribution in [0.15, 0.2) is 12.2 Å². The second kappa shape index (κ2) is 5.14. The maximum atomic E-state index is 4.74. The number of aromatic nitrogens is 1. The number of thiazole rings is 1. The van der Waals surface area contributed by atoms with Gasteiger partial charge >= 0.3 is 0 Å². The molecule has 1 aromatic heterocycles. The average Bonchev–Trinajstić information content (AvgIpc) is 2.85. The van der Waals surface area contributed by atoms with Gasteiger partial charge in [0, 0.05) is 22.4 Å². The maximum Gasteiger partial charge on any atom is 0.0985 e. The van der Waals surface area contributed by atoms with Crippen molar-refractivity contribution in [2.24, 2.45) is 0 Å². The zero-order valence-corrected chi connectivity index (χ0v) is 12.9. The molecule has 0 bridgehead atoms. The van der Waals surface area contributed by atoms with E-state index in [1.165, 1.54) is 15.6 Å².